The Labute approximate surface area is 154 Å². The molecule has 0 radical (unpaired) electrons. The van der Waals surface area contributed by atoms with Gasteiger partial charge in [-0.25, -0.2) is 17.8 Å². The summed E-state index contributed by atoms with van der Waals surface area (Å²) in [6.07, 6.45) is 2.52. The van der Waals surface area contributed by atoms with E-state index < -0.39 is 9.84 Å². The number of hydrogen-bond donors (Lipinski definition) is 2. The molecule has 9 nitrogen and oxygen atoms in total. The molecule has 0 unspecified atom stereocenters. The van der Waals surface area contributed by atoms with E-state index in [0.29, 0.717) is 27.0 Å². The normalized spacial score (nSPS) is 12.1. The molecule has 4 rings (SSSR count). The van der Waals surface area contributed by atoms with Crippen LogP contribution in [0.5, 0.6) is 0 Å². The number of anilines is 1. The van der Waals surface area contributed by atoms with Crippen LogP contribution in [0.3, 0.4) is 0 Å². The van der Waals surface area contributed by atoms with Crippen molar-refractivity contribution in [2.45, 2.75) is 11.7 Å². The fourth-order valence-electron chi connectivity index (χ4n) is 2.39. The van der Waals surface area contributed by atoms with Gasteiger partial charge >= 0.3 is 0 Å². The number of aromatic nitrogens is 6. The molecular weight excluding hydrogens is 429 g/mol. The lowest BCUT2D eigenvalue weighted by Crippen LogP contribution is -2.13. The van der Waals surface area contributed by atoms with Crippen LogP contribution in [0.4, 0.5) is 10.3 Å². The maximum absolute atomic E-state index is 13.3. The molecule has 0 amide bonds. The van der Waals surface area contributed by atoms with Crippen molar-refractivity contribution in [3.63, 3.8) is 0 Å². The number of fused-ring (bicyclic) bond motifs is 2. The number of nitrogens with zero attached hydrogens (tertiary/aromatic N) is 5. The van der Waals surface area contributed by atoms with Crippen LogP contribution in [-0.4, -0.2) is 44.2 Å². The lowest BCUT2D eigenvalue weighted by atomic mass is 10.3. The number of rotatable bonds is 4. The van der Waals surface area contributed by atoms with E-state index in [4.69, 9.17) is 0 Å². The maximum Gasteiger partial charge on any atom is 0.252 e. The number of H-pyrrole nitrogens is 1. The average molecular weight is 440 g/mol. The van der Waals surface area contributed by atoms with Crippen molar-refractivity contribution in [2.24, 2.45) is 0 Å². The largest absolute Gasteiger partial charge is 0.347 e. The lowest BCUT2D eigenvalue weighted by Gasteiger charge is -2.07. The third-order valence-electron chi connectivity index (χ3n) is 3.54. The van der Waals surface area contributed by atoms with Gasteiger partial charge in [-0.3, -0.25) is 0 Å². The van der Waals surface area contributed by atoms with Crippen LogP contribution in [0.15, 0.2) is 34.0 Å². The second-order valence-electron chi connectivity index (χ2n) is 5.53. The molecule has 0 fully saturated rings. The summed E-state index contributed by atoms with van der Waals surface area (Å²) in [6.45, 7) is 0.198. The number of nitrogens with one attached hydrogen (secondary N) is 2. The van der Waals surface area contributed by atoms with Crippen molar-refractivity contribution in [1.29, 1.82) is 0 Å². The van der Waals surface area contributed by atoms with Gasteiger partial charge in [-0.2, -0.15) is 19.6 Å². The Balaban J connectivity index is 1.71. The minimum Gasteiger partial charge on any atom is -0.347 e. The highest BCUT2D eigenvalue weighted by Crippen LogP contribution is 2.20. The zero-order valence-electron chi connectivity index (χ0n) is 13.2. The van der Waals surface area contributed by atoms with Gasteiger partial charge in [0, 0.05) is 6.26 Å². The quantitative estimate of drug-likeness (QED) is 0.498. The highest BCUT2D eigenvalue weighted by Gasteiger charge is 2.18. The van der Waals surface area contributed by atoms with Gasteiger partial charge in [0.25, 0.3) is 5.16 Å². The number of aromatic amines is 1. The first kappa shape index (κ1) is 16.8. The SMILES string of the molecule is CS(=O)(=O)c1nc(NCc2nc3ccc(F)cc3[nH]2)n2ncc(Br)c2n1. The molecule has 0 aliphatic carbocycles. The number of sulfone groups is 1. The molecule has 0 aliphatic rings. The topological polar surface area (TPSA) is 118 Å². The standard InChI is InChI=1S/C14H11BrFN7O2S/c1-26(24,25)14-21-12-8(15)5-18-23(12)13(22-14)17-6-11-19-9-3-2-7(16)4-10(9)20-11/h2-5H,6H2,1H3,(H,19,20)(H,17,21,22). The maximum atomic E-state index is 13.3. The van der Waals surface area contributed by atoms with Crippen molar-refractivity contribution in [3.05, 3.63) is 40.5 Å². The minimum absolute atomic E-state index is 0.188. The highest BCUT2D eigenvalue weighted by molar-refractivity contribution is 9.10. The molecule has 134 valence electrons. The summed E-state index contributed by atoms with van der Waals surface area (Å²) in [5.41, 5.74) is 1.50. The Kier molecular flexibility index (Phi) is 3.88. The van der Waals surface area contributed by atoms with Crippen LogP contribution in [0.1, 0.15) is 5.82 Å². The Morgan fingerprint density at radius 3 is 2.88 bits per heavy atom. The smallest absolute Gasteiger partial charge is 0.252 e. The predicted molar refractivity (Wildman–Crippen MR) is 95.0 cm³/mol. The van der Waals surface area contributed by atoms with E-state index in [1.807, 2.05) is 0 Å². The summed E-state index contributed by atoms with van der Waals surface area (Å²) in [5.74, 6) is 0.356. The Morgan fingerprint density at radius 2 is 2.12 bits per heavy atom. The Morgan fingerprint density at radius 1 is 1.31 bits per heavy atom. The second kappa shape index (κ2) is 5.99. The second-order valence-corrected chi connectivity index (χ2v) is 8.29. The fraction of sp³-hybridized carbons (Fsp3) is 0.143. The van der Waals surface area contributed by atoms with Crippen LogP contribution in [0.25, 0.3) is 16.7 Å². The van der Waals surface area contributed by atoms with Crippen LogP contribution >= 0.6 is 15.9 Å². The van der Waals surface area contributed by atoms with Gasteiger partial charge < -0.3 is 10.3 Å². The van der Waals surface area contributed by atoms with E-state index in [-0.39, 0.29) is 23.5 Å². The van der Waals surface area contributed by atoms with E-state index in [0.717, 1.165) is 6.26 Å². The molecular formula is C14H11BrFN7O2S. The van der Waals surface area contributed by atoms with Crippen molar-refractivity contribution in [3.8, 4) is 0 Å². The summed E-state index contributed by atoms with van der Waals surface area (Å²) in [7, 11) is -3.61. The lowest BCUT2D eigenvalue weighted by molar-refractivity contribution is 0.592. The summed E-state index contributed by atoms with van der Waals surface area (Å²) < 4.78 is 38.9. The number of halogens is 2. The molecule has 0 bridgehead atoms. The van der Waals surface area contributed by atoms with Crippen LogP contribution in [-0.2, 0) is 16.4 Å². The van der Waals surface area contributed by atoms with Crippen LogP contribution in [0.2, 0.25) is 0 Å². The van der Waals surface area contributed by atoms with E-state index in [1.165, 1.54) is 22.8 Å². The first-order valence-corrected chi connectivity index (χ1v) is 9.99. The van der Waals surface area contributed by atoms with Gasteiger partial charge in [-0.1, -0.05) is 0 Å². The van der Waals surface area contributed by atoms with E-state index in [2.05, 4.69) is 46.3 Å². The van der Waals surface area contributed by atoms with Gasteiger partial charge in [0.2, 0.25) is 15.8 Å². The van der Waals surface area contributed by atoms with Gasteiger partial charge in [0.15, 0.2) is 5.65 Å². The average Bonchev–Trinajstić information content (AvgIpc) is 3.15. The molecule has 4 aromatic rings. The molecule has 0 saturated carbocycles. The van der Waals surface area contributed by atoms with Gasteiger partial charge in [-0.05, 0) is 34.1 Å². The van der Waals surface area contributed by atoms with Gasteiger partial charge in [0.05, 0.1) is 28.2 Å². The molecule has 0 spiro atoms. The summed E-state index contributed by atoms with van der Waals surface area (Å²) in [4.78, 5) is 15.4. The molecule has 1 aromatic carbocycles. The Hall–Kier alpha value is -2.60. The summed E-state index contributed by atoms with van der Waals surface area (Å²) in [6, 6.07) is 4.25. The van der Waals surface area contributed by atoms with Gasteiger partial charge in [0.1, 0.15) is 11.6 Å². The minimum atomic E-state index is -3.61. The fourth-order valence-corrected chi connectivity index (χ4v) is 3.25. The van der Waals surface area contributed by atoms with Crippen molar-refractivity contribution in [1.82, 2.24) is 29.5 Å². The molecule has 0 saturated heterocycles. The van der Waals surface area contributed by atoms with Crippen molar-refractivity contribution < 1.29 is 12.8 Å². The van der Waals surface area contributed by atoms with Crippen molar-refractivity contribution >= 4 is 48.4 Å². The highest BCUT2D eigenvalue weighted by atomic mass is 79.9. The molecule has 12 heteroatoms. The number of imidazole rings is 1. The number of benzene rings is 1. The van der Waals surface area contributed by atoms with E-state index in [1.54, 1.807) is 6.07 Å². The zero-order chi connectivity index (χ0) is 18.5. The molecule has 26 heavy (non-hydrogen) atoms. The zero-order valence-corrected chi connectivity index (χ0v) is 15.6. The molecule has 2 N–H and O–H groups in total. The van der Waals surface area contributed by atoms with Crippen LogP contribution < -0.4 is 5.32 Å². The molecule has 3 heterocycles. The molecule has 3 aromatic heterocycles. The molecule has 0 aliphatic heterocycles. The third-order valence-corrected chi connectivity index (χ3v) is 4.95. The van der Waals surface area contributed by atoms with E-state index in [9.17, 15) is 12.8 Å². The summed E-state index contributed by atoms with van der Waals surface area (Å²) in [5, 5.41) is 6.78. The predicted octanol–water partition coefficient (Wildman–Crippen LogP) is 1.92. The molecule has 0 atom stereocenters. The first-order valence-electron chi connectivity index (χ1n) is 7.30. The van der Waals surface area contributed by atoms with Crippen molar-refractivity contribution in [2.75, 3.05) is 11.6 Å². The van der Waals surface area contributed by atoms with E-state index >= 15 is 0 Å². The van der Waals surface area contributed by atoms with Gasteiger partial charge in [-0.15, -0.1) is 0 Å². The monoisotopic (exact) mass is 439 g/mol. The summed E-state index contributed by atoms with van der Waals surface area (Å²) >= 11 is 3.28. The third kappa shape index (κ3) is 3.01. The first-order chi connectivity index (χ1) is 12.3. The Bertz CT molecular complexity index is 1250. The number of hydrogen-bond acceptors (Lipinski definition) is 7. The van der Waals surface area contributed by atoms with Crippen LogP contribution in [0, 0.1) is 5.82 Å².